The van der Waals surface area contributed by atoms with Gasteiger partial charge in [-0.15, -0.1) is 0 Å². The molecule has 0 fully saturated rings. The van der Waals surface area contributed by atoms with Crippen LogP contribution in [0.2, 0.25) is 0 Å². The molecule has 6 nitrogen and oxygen atoms in total. The topological polar surface area (TPSA) is 84.2 Å². The van der Waals surface area contributed by atoms with Crippen molar-refractivity contribution in [2.45, 2.75) is 24.5 Å². The van der Waals surface area contributed by atoms with Crippen LogP contribution in [0.15, 0.2) is 41.6 Å². The van der Waals surface area contributed by atoms with Gasteiger partial charge in [-0.3, -0.25) is 4.68 Å². The Morgan fingerprint density at radius 2 is 2.00 bits per heavy atom. The van der Waals surface area contributed by atoms with Gasteiger partial charge < -0.3 is 10.4 Å². The van der Waals surface area contributed by atoms with E-state index in [-0.39, 0.29) is 4.90 Å². The fraction of sp³-hybridized carbons (Fsp3) is 0.400. The fourth-order valence-corrected chi connectivity index (χ4v) is 2.71. The average molecular weight is 323 g/mol. The first-order valence-electron chi connectivity index (χ1n) is 7.04. The molecule has 22 heavy (non-hydrogen) atoms. The first-order chi connectivity index (χ1) is 10.4. The van der Waals surface area contributed by atoms with Crippen molar-refractivity contribution in [3.8, 4) is 0 Å². The maximum Gasteiger partial charge on any atom is 0.175 e. The van der Waals surface area contributed by atoms with Gasteiger partial charge in [0.25, 0.3) is 0 Å². The smallest absolute Gasteiger partial charge is 0.175 e. The second-order valence-electron chi connectivity index (χ2n) is 5.34. The van der Waals surface area contributed by atoms with E-state index in [1.165, 1.54) is 12.1 Å². The molecule has 7 heteroatoms. The Kier molecular flexibility index (Phi) is 5.33. The summed E-state index contributed by atoms with van der Waals surface area (Å²) < 4.78 is 24.6. The molecule has 1 heterocycles. The lowest BCUT2D eigenvalue weighted by Crippen LogP contribution is -2.25. The van der Waals surface area contributed by atoms with Crippen LogP contribution in [0.3, 0.4) is 0 Å². The highest BCUT2D eigenvalue weighted by atomic mass is 32.2. The largest absolute Gasteiger partial charge is 0.387 e. The molecule has 0 aliphatic heterocycles. The Hall–Kier alpha value is -1.70. The van der Waals surface area contributed by atoms with E-state index >= 15 is 0 Å². The molecule has 0 aliphatic rings. The summed E-state index contributed by atoms with van der Waals surface area (Å²) in [5, 5.41) is 17.4. The molecule has 0 aliphatic carbocycles. The first kappa shape index (κ1) is 16.7. The summed E-state index contributed by atoms with van der Waals surface area (Å²) in [6.45, 7) is 3.81. The number of hydrogen-bond donors (Lipinski definition) is 2. The molecule has 0 radical (unpaired) electrons. The van der Waals surface area contributed by atoms with Gasteiger partial charge in [-0.2, -0.15) is 5.10 Å². The van der Waals surface area contributed by atoms with Crippen LogP contribution in [0, 0.1) is 6.92 Å². The van der Waals surface area contributed by atoms with Crippen LogP contribution in [-0.2, 0) is 16.4 Å². The van der Waals surface area contributed by atoms with Crippen LogP contribution in [0.25, 0.3) is 0 Å². The van der Waals surface area contributed by atoms with E-state index in [0.29, 0.717) is 18.7 Å². The monoisotopic (exact) mass is 323 g/mol. The molecular formula is C15H21N3O3S. The summed E-state index contributed by atoms with van der Waals surface area (Å²) in [7, 11) is -3.20. The van der Waals surface area contributed by atoms with E-state index in [1.807, 2.05) is 17.8 Å². The predicted octanol–water partition coefficient (Wildman–Crippen LogP) is 0.918. The number of hydrogen-bond acceptors (Lipinski definition) is 5. The van der Waals surface area contributed by atoms with Gasteiger partial charge in [0.05, 0.1) is 23.7 Å². The zero-order valence-electron chi connectivity index (χ0n) is 12.7. The third kappa shape index (κ3) is 4.66. The SMILES string of the molecule is Cc1cnn(CCNC[C@@H](O)c2ccc(S(C)(=O)=O)cc2)c1. The van der Waals surface area contributed by atoms with Gasteiger partial charge in [-0.1, -0.05) is 12.1 Å². The third-order valence-electron chi connectivity index (χ3n) is 3.31. The van der Waals surface area contributed by atoms with Crippen molar-refractivity contribution in [1.82, 2.24) is 15.1 Å². The van der Waals surface area contributed by atoms with Gasteiger partial charge in [-0.25, -0.2) is 8.42 Å². The Balaban J connectivity index is 1.80. The molecule has 0 bridgehead atoms. The van der Waals surface area contributed by atoms with E-state index in [0.717, 1.165) is 18.4 Å². The summed E-state index contributed by atoms with van der Waals surface area (Å²) in [6, 6.07) is 6.31. The quantitative estimate of drug-likeness (QED) is 0.740. The summed E-state index contributed by atoms with van der Waals surface area (Å²) in [4.78, 5) is 0.255. The second kappa shape index (κ2) is 7.04. The molecular weight excluding hydrogens is 302 g/mol. The van der Waals surface area contributed by atoms with Crippen molar-refractivity contribution in [2.24, 2.45) is 0 Å². The average Bonchev–Trinajstić information content (AvgIpc) is 2.88. The second-order valence-corrected chi connectivity index (χ2v) is 7.36. The van der Waals surface area contributed by atoms with Crippen molar-refractivity contribution in [1.29, 1.82) is 0 Å². The molecule has 2 N–H and O–H groups in total. The molecule has 0 saturated carbocycles. The Morgan fingerprint density at radius 3 is 2.55 bits per heavy atom. The molecule has 2 aromatic rings. The zero-order chi connectivity index (χ0) is 16.2. The van der Waals surface area contributed by atoms with E-state index in [2.05, 4.69) is 10.4 Å². The summed E-state index contributed by atoms with van der Waals surface area (Å²) in [5.41, 5.74) is 1.81. The Morgan fingerprint density at radius 1 is 1.32 bits per heavy atom. The third-order valence-corrected chi connectivity index (χ3v) is 4.44. The number of rotatable bonds is 7. The van der Waals surface area contributed by atoms with Crippen molar-refractivity contribution < 1.29 is 13.5 Å². The maximum atomic E-state index is 11.4. The lowest BCUT2D eigenvalue weighted by Gasteiger charge is -2.12. The van der Waals surface area contributed by atoms with Crippen LogP contribution < -0.4 is 5.32 Å². The lowest BCUT2D eigenvalue weighted by molar-refractivity contribution is 0.174. The number of nitrogens with one attached hydrogen (secondary N) is 1. The van der Waals surface area contributed by atoms with Gasteiger partial charge in [0.2, 0.25) is 0 Å². The fourth-order valence-electron chi connectivity index (χ4n) is 2.08. The summed E-state index contributed by atoms with van der Waals surface area (Å²) in [6.07, 6.45) is 4.25. The van der Waals surface area contributed by atoms with Crippen LogP contribution in [-0.4, -0.2) is 42.7 Å². The van der Waals surface area contributed by atoms with Gasteiger partial charge in [0, 0.05) is 25.5 Å². The normalized spacial score (nSPS) is 13.2. The van der Waals surface area contributed by atoms with Crippen LogP contribution in [0.5, 0.6) is 0 Å². The maximum absolute atomic E-state index is 11.4. The summed E-state index contributed by atoms with van der Waals surface area (Å²) in [5.74, 6) is 0. The van der Waals surface area contributed by atoms with Crippen molar-refractivity contribution >= 4 is 9.84 Å². The minimum Gasteiger partial charge on any atom is -0.387 e. The number of sulfone groups is 1. The van der Waals surface area contributed by atoms with Gasteiger partial charge >= 0.3 is 0 Å². The minimum atomic E-state index is -3.20. The van der Waals surface area contributed by atoms with Crippen LogP contribution in [0.1, 0.15) is 17.2 Å². The van der Waals surface area contributed by atoms with Crippen molar-refractivity contribution in [3.63, 3.8) is 0 Å². The van der Waals surface area contributed by atoms with E-state index < -0.39 is 15.9 Å². The number of aryl methyl sites for hydroxylation is 1. The van der Waals surface area contributed by atoms with Gasteiger partial charge in [0.1, 0.15) is 0 Å². The molecule has 1 aromatic heterocycles. The number of aliphatic hydroxyl groups excluding tert-OH is 1. The first-order valence-corrected chi connectivity index (χ1v) is 8.93. The Bertz CT molecular complexity index is 708. The minimum absolute atomic E-state index is 0.255. The molecule has 0 spiro atoms. The van der Waals surface area contributed by atoms with Crippen molar-refractivity contribution in [3.05, 3.63) is 47.8 Å². The van der Waals surface area contributed by atoms with E-state index in [1.54, 1.807) is 18.3 Å². The van der Waals surface area contributed by atoms with Crippen LogP contribution in [0.4, 0.5) is 0 Å². The van der Waals surface area contributed by atoms with Gasteiger partial charge in [0.15, 0.2) is 9.84 Å². The number of aromatic nitrogens is 2. The highest BCUT2D eigenvalue weighted by Gasteiger charge is 2.10. The van der Waals surface area contributed by atoms with Crippen LogP contribution >= 0.6 is 0 Å². The molecule has 0 amide bonds. The van der Waals surface area contributed by atoms with Gasteiger partial charge in [-0.05, 0) is 30.2 Å². The van der Waals surface area contributed by atoms with E-state index in [4.69, 9.17) is 0 Å². The molecule has 120 valence electrons. The molecule has 1 aromatic carbocycles. The zero-order valence-corrected chi connectivity index (χ0v) is 13.5. The number of aliphatic hydroxyl groups is 1. The molecule has 0 saturated heterocycles. The predicted molar refractivity (Wildman–Crippen MR) is 84.3 cm³/mol. The highest BCUT2D eigenvalue weighted by Crippen LogP contribution is 2.15. The number of nitrogens with zero attached hydrogens (tertiary/aromatic N) is 2. The van der Waals surface area contributed by atoms with Crippen molar-refractivity contribution in [2.75, 3.05) is 19.3 Å². The standard InChI is InChI=1S/C15H21N3O3S/c1-12-9-17-18(11-12)8-7-16-10-15(19)13-3-5-14(6-4-13)22(2,20)21/h3-6,9,11,15-16,19H,7-8,10H2,1-2H3/t15-/m1/s1. The molecule has 0 unspecified atom stereocenters. The highest BCUT2D eigenvalue weighted by molar-refractivity contribution is 7.90. The number of benzene rings is 1. The Labute approximate surface area is 130 Å². The van der Waals surface area contributed by atoms with E-state index in [9.17, 15) is 13.5 Å². The lowest BCUT2D eigenvalue weighted by atomic mass is 10.1. The molecule has 1 atom stereocenters. The molecule has 2 rings (SSSR count). The summed E-state index contributed by atoms with van der Waals surface area (Å²) >= 11 is 0.